The first-order chi connectivity index (χ1) is 10.4. The second-order valence-electron chi connectivity index (χ2n) is 4.57. The zero-order valence-corrected chi connectivity index (χ0v) is 13.3. The molecular weight excluding hydrogens is 360 g/mol. The van der Waals surface area contributed by atoms with Crippen molar-refractivity contribution < 1.29 is 23.4 Å². The molecule has 4 nitrogen and oxygen atoms in total. The van der Waals surface area contributed by atoms with E-state index in [1.165, 1.54) is 0 Å². The van der Waals surface area contributed by atoms with E-state index in [1.807, 2.05) is 0 Å². The largest absolute Gasteiger partial charge is 0.461 e. The number of aliphatic hydroxyl groups is 1. The minimum Gasteiger partial charge on any atom is -0.461 e. The van der Waals surface area contributed by atoms with Crippen LogP contribution in [0.4, 0.5) is 8.78 Å². The molecule has 2 rings (SSSR count). The van der Waals surface area contributed by atoms with Gasteiger partial charge in [0.2, 0.25) is 5.95 Å². The number of carbonyl (C=O) groups is 1. The third-order valence-electron chi connectivity index (χ3n) is 3.08. The number of benzene rings is 1. The van der Waals surface area contributed by atoms with Gasteiger partial charge in [-0.1, -0.05) is 28.1 Å². The molecule has 0 fully saturated rings. The molecule has 118 valence electrons. The van der Waals surface area contributed by atoms with E-state index in [9.17, 15) is 18.7 Å². The zero-order chi connectivity index (χ0) is 16.3. The lowest BCUT2D eigenvalue weighted by Gasteiger charge is -2.15. The Bertz CT molecular complexity index is 670. The van der Waals surface area contributed by atoms with Crippen molar-refractivity contribution in [2.45, 2.75) is 19.6 Å². The smallest absolute Gasteiger partial charge is 0.355 e. The first-order valence-corrected chi connectivity index (χ1v) is 7.38. The maximum absolute atomic E-state index is 13.8. The third-order valence-corrected chi connectivity index (χ3v) is 3.61. The Morgan fingerprint density at radius 1 is 1.36 bits per heavy atom. The first-order valence-electron chi connectivity index (χ1n) is 6.59. The fourth-order valence-corrected chi connectivity index (χ4v) is 2.27. The fraction of sp³-hybridized carbons (Fsp3) is 0.267. The molecule has 1 aromatic carbocycles. The summed E-state index contributed by atoms with van der Waals surface area (Å²) >= 11 is 3.27. The number of hydrogen-bond donors (Lipinski definition) is 1. The summed E-state index contributed by atoms with van der Waals surface area (Å²) in [6, 6.07) is 7.50. The average molecular weight is 374 g/mol. The second kappa shape index (κ2) is 7.02. The van der Waals surface area contributed by atoms with Crippen LogP contribution in [0.25, 0.3) is 0 Å². The molecule has 0 radical (unpaired) electrons. The van der Waals surface area contributed by atoms with Crippen LogP contribution in [0.1, 0.15) is 29.1 Å². The van der Waals surface area contributed by atoms with Crippen molar-refractivity contribution in [3.8, 4) is 0 Å². The van der Waals surface area contributed by atoms with Crippen molar-refractivity contribution in [1.29, 1.82) is 0 Å². The van der Waals surface area contributed by atoms with E-state index in [2.05, 4.69) is 15.9 Å². The van der Waals surface area contributed by atoms with Gasteiger partial charge in [0.05, 0.1) is 19.3 Å². The van der Waals surface area contributed by atoms with E-state index in [0.29, 0.717) is 5.56 Å². The molecule has 0 saturated carbocycles. The van der Waals surface area contributed by atoms with E-state index < -0.39 is 23.8 Å². The topological polar surface area (TPSA) is 51.5 Å². The summed E-state index contributed by atoms with van der Waals surface area (Å²) in [5, 5.41) is 10.2. The molecule has 0 aliphatic heterocycles. The molecular formula is C15H14BrF2NO3. The van der Waals surface area contributed by atoms with Crippen LogP contribution in [0.3, 0.4) is 0 Å². The van der Waals surface area contributed by atoms with Crippen LogP contribution in [0.2, 0.25) is 0 Å². The fourth-order valence-electron chi connectivity index (χ4n) is 2.01. The second-order valence-corrected chi connectivity index (χ2v) is 5.48. The summed E-state index contributed by atoms with van der Waals surface area (Å²) < 4.78 is 33.6. The number of hydrogen-bond acceptors (Lipinski definition) is 3. The van der Waals surface area contributed by atoms with Gasteiger partial charge in [0.15, 0.2) is 5.82 Å². The van der Waals surface area contributed by atoms with Gasteiger partial charge in [-0.15, -0.1) is 0 Å². The van der Waals surface area contributed by atoms with Crippen molar-refractivity contribution in [3.63, 3.8) is 0 Å². The standard InChI is InChI=1S/C15H14BrF2NO3/c1-2-22-15(21)12-7-11(17)14(18)19(12)8-13(20)9-3-5-10(16)6-4-9/h3-7,13,20H,2,8H2,1H3. The van der Waals surface area contributed by atoms with E-state index in [0.717, 1.165) is 15.1 Å². The van der Waals surface area contributed by atoms with Crippen molar-refractivity contribution in [2.24, 2.45) is 0 Å². The van der Waals surface area contributed by atoms with Crippen LogP contribution in [0, 0.1) is 11.8 Å². The van der Waals surface area contributed by atoms with Crippen molar-refractivity contribution >= 4 is 21.9 Å². The SMILES string of the molecule is CCOC(=O)c1cc(F)c(F)n1CC(O)c1ccc(Br)cc1. The molecule has 1 N–H and O–H groups in total. The van der Waals surface area contributed by atoms with E-state index in [-0.39, 0.29) is 18.8 Å². The summed E-state index contributed by atoms with van der Waals surface area (Å²) in [6.07, 6.45) is -1.09. The van der Waals surface area contributed by atoms with Gasteiger partial charge in [0.1, 0.15) is 5.69 Å². The average Bonchev–Trinajstić information content (AvgIpc) is 2.76. The summed E-state index contributed by atoms with van der Waals surface area (Å²) in [6.45, 7) is 1.38. The monoisotopic (exact) mass is 373 g/mol. The van der Waals surface area contributed by atoms with Gasteiger partial charge in [-0.3, -0.25) is 0 Å². The van der Waals surface area contributed by atoms with E-state index in [1.54, 1.807) is 31.2 Å². The number of aromatic nitrogens is 1. The number of carbonyl (C=O) groups excluding carboxylic acids is 1. The molecule has 22 heavy (non-hydrogen) atoms. The Hall–Kier alpha value is -1.73. The van der Waals surface area contributed by atoms with Crippen molar-refractivity contribution in [2.75, 3.05) is 6.61 Å². The molecule has 1 atom stereocenters. The van der Waals surface area contributed by atoms with Gasteiger partial charge < -0.3 is 14.4 Å². The molecule has 0 amide bonds. The lowest BCUT2D eigenvalue weighted by atomic mass is 10.1. The molecule has 2 aromatic rings. The predicted octanol–water partition coefficient (Wildman–Crippen LogP) is 3.44. The number of esters is 1. The van der Waals surface area contributed by atoms with Crippen LogP contribution in [0.15, 0.2) is 34.8 Å². The highest BCUT2D eigenvalue weighted by atomic mass is 79.9. The number of nitrogens with zero attached hydrogens (tertiary/aromatic N) is 1. The first kappa shape index (κ1) is 16.6. The van der Waals surface area contributed by atoms with Gasteiger partial charge in [0, 0.05) is 10.5 Å². The predicted molar refractivity (Wildman–Crippen MR) is 79.4 cm³/mol. The summed E-state index contributed by atoms with van der Waals surface area (Å²) in [5.74, 6) is -3.21. The third kappa shape index (κ3) is 3.53. The Morgan fingerprint density at radius 2 is 2.00 bits per heavy atom. The number of rotatable bonds is 5. The van der Waals surface area contributed by atoms with Gasteiger partial charge in [-0.25, -0.2) is 9.18 Å². The lowest BCUT2D eigenvalue weighted by molar-refractivity contribution is 0.0506. The van der Waals surface area contributed by atoms with Crippen molar-refractivity contribution in [3.05, 3.63) is 57.8 Å². The van der Waals surface area contributed by atoms with Crippen LogP contribution < -0.4 is 0 Å². The normalized spacial score (nSPS) is 12.2. The van der Waals surface area contributed by atoms with Crippen LogP contribution in [-0.2, 0) is 11.3 Å². The van der Waals surface area contributed by atoms with Crippen LogP contribution in [-0.4, -0.2) is 22.2 Å². The number of aliphatic hydroxyl groups excluding tert-OH is 1. The lowest BCUT2D eigenvalue weighted by Crippen LogP contribution is -2.17. The van der Waals surface area contributed by atoms with Gasteiger partial charge >= 0.3 is 5.97 Å². The van der Waals surface area contributed by atoms with Gasteiger partial charge in [-0.2, -0.15) is 4.39 Å². The van der Waals surface area contributed by atoms with Gasteiger partial charge in [-0.05, 0) is 24.6 Å². The Morgan fingerprint density at radius 3 is 2.59 bits per heavy atom. The minimum absolute atomic E-state index is 0.0858. The Labute approximate surface area is 134 Å². The number of ether oxygens (including phenoxy) is 1. The summed E-state index contributed by atoms with van der Waals surface area (Å²) in [5.41, 5.74) is 0.250. The van der Waals surface area contributed by atoms with Crippen LogP contribution >= 0.6 is 15.9 Å². The van der Waals surface area contributed by atoms with E-state index >= 15 is 0 Å². The highest BCUT2D eigenvalue weighted by molar-refractivity contribution is 9.10. The molecule has 1 aromatic heterocycles. The molecule has 0 aliphatic rings. The number of halogens is 3. The molecule has 7 heteroatoms. The zero-order valence-electron chi connectivity index (χ0n) is 11.7. The van der Waals surface area contributed by atoms with Gasteiger partial charge in [0.25, 0.3) is 0 Å². The maximum atomic E-state index is 13.8. The highest BCUT2D eigenvalue weighted by Crippen LogP contribution is 2.22. The van der Waals surface area contributed by atoms with E-state index in [4.69, 9.17) is 4.74 Å². The quantitative estimate of drug-likeness (QED) is 0.816. The molecule has 0 bridgehead atoms. The minimum atomic E-state index is -1.21. The Kier molecular flexibility index (Phi) is 5.31. The molecule has 1 heterocycles. The van der Waals surface area contributed by atoms with Crippen molar-refractivity contribution in [1.82, 2.24) is 4.57 Å². The maximum Gasteiger partial charge on any atom is 0.355 e. The Balaban J connectivity index is 2.28. The molecule has 0 aliphatic carbocycles. The summed E-state index contributed by atoms with van der Waals surface area (Å²) in [4.78, 5) is 11.7. The summed E-state index contributed by atoms with van der Waals surface area (Å²) in [7, 11) is 0. The molecule has 0 saturated heterocycles. The van der Waals surface area contributed by atoms with Crippen LogP contribution in [0.5, 0.6) is 0 Å². The molecule has 0 spiro atoms. The highest BCUT2D eigenvalue weighted by Gasteiger charge is 2.23. The molecule has 1 unspecified atom stereocenters.